The van der Waals surface area contributed by atoms with Crippen LogP contribution in [0.2, 0.25) is 5.02 Å². The first kappa shape index (κ1) is 19.9. The molecule has 0 radical (unpaired) electrons. The quantitative estimate of drug-likeness (QED) is 0.700. The summed E-state index contributed by atoms with van der Waals surface area (Å²) in [5.41, 5.74) is 0.298. The van der Waals surface area contributed by atoms with Crippen LogP contribution in [0, 0.1) is 0 Å². The zero-order valence-corrected chi connectivity index (χ0v) is 16.2. The predicted molar refractivity (Wildman–Crippen MR) is 97.4 cm³/mol. The highest BCUT2D eigenvalue weighted by Gasteiger charge is 2.29. The van der Waals surface area contributed by atoms with Crippen molar-refractivity contribution >= 4 is 39.1 Å². The molecule has 1 saturated heterocycles. The molecule has 1 aromatic carbocycles. The van der Waals surface area contributed by atoms with Crippen molar-refractivity contribution in [1.29, 1.82) is 0 Å². The fourth-order valence-corrected chi connectivity index (χ4v) is 4.46. The molecule has 0 saturated carbocycles. The number of nitrogens with one attached hydrogen (secondary N) is 2. The summed E-state index contributed by atoms with van der Waals surface area (Å²) in [6.45, 7) is 0.448. The highest BCUT2D eigenvalue weighted by Crippen LogP contribution is 2.36. The van der Waals surface area contributed by atoms with E-state index in [4.69, 9.17) is 21.1 Å². The Morgan fingerprint density at radius 2 is 2.22 bits per heavy atom. The Bertz CT molecular complexity index is 854. The molecule has 1 aromatic rings. The summed E-state index contributed by atoms with van der Waals surface area (Å²) >= 11 is 6.09. The van der Waals surface area contributed by atoms with Crippen molar-refractivity contribution in [2.24, 2.45) is 0 Å². The molecule has 3 rings (SSSR count). The van der Waals surface area contributed by atoms with E-state index in [2.05, 4.69) is 10.6 Å². The minimum absolute atomic E-state index is 0.0293. The van der Waals surface area contributed by atoms with E-state index in [1.165, 1.54) is 19.2 Å². The summed E-state index contributed by atoms with van der Waals surface area (Å²) < 4.78 is 37.1. The monoisotopic (exact) mass is 417 g/mol. The molecule has 0 aliphatic carbocycles. The van der Waals surface area contributed by atoms with Crippen LogP contribution in [0.3, 0.4) is 0 Å². The molecule has 2 N–H and O–H groups in total. The third-order valence-electron chi connectivity index (χ3n) is 4.27. The molecule has 0 unspecified atom stereocenters. The number of ether oxygens (including phenoxy) is 2. The summed E-state index contributed by atoms with van der Waals surface area (Å²) in [5, 5.41) is 5.15. The number of halogens is 1. The van der Waals surface area contributed by atoms with Gasteiger partial charge in [0.05, 0.1) is 23.4 Å². The van der Waals surface area contributed by atoms with Gasteiger partial charge in [0.2, 0.25) is 15.9 Å². The lowest BCUT2D eigenvalue weighted by Crippen LogP contribution is -2.41. The lowest BCUT2D eigenvalue weighted by atomic mass is 10.2. The normalized spacial score (nSPS) is 19.4. The van der Waals surface area contributed by atoms with Crippen LogP contribution in [-0.4, -0.2) is 64.0 Å². The first-order chi connectivity index (χ1) is 12.8. The minimum Gasteiger partial charge on any atom is -0.482 e. The van der Waals surface area contributed by atoms with Crippen molar-refractivity contribution in [3.8, 4) is 5.75 Å². The molecule has 1 atom stereocenters. The van der Waals surface area contributed by atoms with Crippen molar-refractivity contribution in [2.75, 3.05) is 38.7 Å². The van der Waals surface area contributed by atoms with Crippen LogP contribution >= 0.6 is 11.6 Å². The van der Waals surface area contributed by atoms with Crippen molar-refractivity contribution in [3.05, 3.63) is 17.2 Å². The van der Waals surface area contributed by atoms with E-state index in [0.29, 0.717) is 18.8 Å². The molecule has 11 heteroatoms. The van der Waals surface area contributed by atoms with Gasteiger partial charge in [0, 0.05) is 26.3 Å². The first-order valence-electron chi connectivity index (χ1n) is 8.38. The van der Waals surface area contributed by atoms with Gasteiger partial charge in [-0.05, 0) is 18.9 Å². The van der Waals surface area contributed by atoms with Crippen molar-refractivity contribution in [1.82, 2.24) is 9.62 Å². The Morgan fingerprint density at radius 1 is 1.44 bits per heavy atom. The number of hydrogen-bond donors (Lipinski definition) is 2. The third kappa shape index (κ3) is 4.52. The molecule has 2 aliphatic rings. The number of anilines is 1. The second kappa shape index (κ2) is 8.01. The SMILES string of the molecule is CN(CC(=O)NC[C@@H]1CCCO1)S(=O)(=O)c1cc2c(cc1Cl)NC(=O)CO2. The molecule has 9 nitrogen and oxygen atoms in total. The van der Waals surface area contributed by atoms with Crippen LogP contribution in [0.15, 0.2) is 17.0 Å². The maximum Gasteiger partial charge on any atom is 0.262 e. The Balaban J connectivity index is 1.69. The molecule has 0 spiro atoms. The zero-order chi connectivity index (χ0) is 19.6. The summed E-state index contributed by atoms with van der Waals surface area (Å²) in [6, 6.07) is 2.55. The number of rotatable bonds is 6. The highest BCUT2D eigenvalue weighted by atomic mass is 35.5. The van der Waals surface area contributed by atoms with Crippen LogP contribution in [0.1, 0.15) is 12.8 Å². The fraction of sp³-hybridized carbons (Fsp3) is 0.500. The van der Waals surface area contributed by atoms with Gasteiger partial charge in [0.15, 0.2) is 6.61 Å². The van der Waals surface area contributed by atoms with Gasteiger partial charge in [0.1, 0.15) is 10.6 Å². The van der Waals surface area contributed by atoms with E-state index in [1.807, 2.05) is 0 Å². The summed E-state index contributed by atoms with van der Waals surface area (Å²) in [6.07, 6.45) is 1.79. The topological polar surface area (TPSA) is 114 Å². The molecule has 2 heterocycles. The molecule has 0 bridgehead atoms. The molecular formula is C16H20ClN3O6S. The molecule has 27 heavy (non-hydrogen) atoms. The average molecular weight is 418 g/mol. The van der Waals surface area contributed by atoms with E-state index < -0.39 is 15.9 Å². The van der Waals surface area contributed by atoms with Gasteiger partial charge in [0.25, 0.3) is 5.91 Å². The average Bonchev–Trinajstić information content (AvgIpc) is 3.12. The fourth-order valence-electron chi connectivity index (χ4n) is 2.82. The maximum absolute atomic E-state index is 12.8. The predicted octanol–water partition coefficient (Wildman–Crippen LogP) is 0.587. The smallest absolute Gasteiger partial charge is 0.262 e. The van der Waals surface area contributed by atoms with Gasteiger partial charge in [-0.1, -0.05) is 11.6 Å². The number of amides is 2. The van der Waals surface area contributed by atoms with Crippen molar-refractivity contribution in [3.63, 3.8) is 0 Å². The van der Waals surface area contributed by atoms with Gasteiger partial charge in [-0.3, -0.25) is 9.59 Å². The van der Waals surface area contributed by atoms with Gasteiger partial charge >= 0.3 is 0 Å². The summed E-state index contributed by atoms with van der Waals surface area (Å²) in [7, 11) is -2.74. The van der Waals surface area contributed by atoms with E-state index in [0.717, 1.165) is 17.1 Å². The molecule has 148 valence electrons. The zero-order valence-electron chi connectivity index (χ0n) is 14.7. The van der Waals surface area contributed by atoms with Crippen molar-refractivity contribution in [2.45, 2.75) is 23.8 Å². The van der Waals surface area contributed by atoms with Crippen molar-refractivity contribution < 1.29 is 27.5 Å². The number of carbonyl (C=O) groups excluding carboxylic acids is 2. The molecule has 0 aromatic heterocycles. The Kier molecular flexibility index (Phi) is 5.89. The number of likely N-dealkylation sites (N-methyl/N-ethyl adjacent to an activating group) is 1. The minimum atomic E-state index is -4.03. The standard InChI is InChI=1S/C16H20ClN3O6S/c1-20(8-15(21)18-7-10-3-2-4-25-10)27(23,24)14-6-13-12(5-11(14)17)19-16(22)9-26-13/h5-6,10H,2-4,7-9H2,1H3,(H,18,21)(H,19,22)/t10-/m0/s1. The number of carbonyl (C=O) groups is 2. The third-order valence-corrected chi connectivity index (χ3v) is 6.54. The van der Waals surface area contributed by atoms with E-state index in [1.54, 1.807) is 0 Å². The van der Waals surface area contributed by atoms with Gasteiger partial charge < -0.3 is 20.1 Å². The van der Waals surface area contributed by atoms with Gasteiger partial charge in [-0.25, -0.2) is 8.42 Å². The van der Waals surface area contributed by atoms with E-state index in [-0.39, 0.29) is 40.8 Å². The Morgan fingerprint density at radius 3 is 2.93 bits per heavy atom. The molecular weight excluding hydrogens is 398 g/mol. The maximum atomic E-state index is 12.8. The number of fused-ring (bicyclic) bond motifs is 1. The second-order valence-electron chi connectivity index (χ2n) is 6.32. The van der Waals surface area contributed by atoms with Crippen LogP contribution < -0.4 is 15.4 Å². The van der Waals surface area contributed by atoms with E-state index >= 15 is 0 Å². The summed E-state index contributed by atoms with van der Waals surface area (Å²) in [5.74, 6) is -0.586. The molecule has 1 fully saturated rings. The highest BCUT2D eigenvalue weighted by molar-refractivity contribution is 7.89. The first-order valence-corrected chi connectivity index (χ1v) is 10.2. The lowest BCUT2D eigenvalue weighted by molar-refractivity contribution is -0.121. The largest absolute Gasteiger partial charge is 0.482 e. The molecule has 2 aliphatic heterocycles. The number of hydrogen-bond acceptors (Lipinski definition) is 6. The van der Waals surface area contributed by atoms with Crippen LogP contribution in [0.25, 0.3) is 0 Å². The number of benzene rings is 1. The summed E-state index contributed by atoms with van der Waals surface area (Å²) in [4.78, 5) is 23.2. The van der Waals surface area contributed by atoms with Gasteiger partial charge in [-0.15, -0.1) is 0 Å². The Labute approximate surface area is 162 Å². The van der Waals surface area contributed by atoms with Crippen LogP contribution in [-0.2, 0) is 24.3 Å². The number of nitrogens with zero attached hydrogens (tertiary/aromatic N) is 1. The molecule has 2 amide bonds. The van der Waals surface area contributed by atoms with Crippen LogP contribution in [0.5, 0.6) is 5.75 Å². The van der Waals surface area contributed by atoms with E-state index in [9.17, 15) is 18.0 Å². The number of sulfonamides is 1. The van der Waals surface area contributed by atoms with Gasteiger partial charge in [-0.2, -0.15) is 4.31 Å². The second-order valence-corrected chi connectivity index (χ2v) is 8.74. The van der Waals surface area contributed by atoms with Crippen LogP contribution in [0.4, 0.5) is 5.69 Å². The Hall–Kier alpha value is -1.88. The lowest BCUT2D eigenvalue weighted by Gasteiger charge is -2.22.